The molecular weight excluding hydrogens is 300 g/mol. The average Bonchev–Trinajstić information content (AvgIpc) is 2.47. The van der Waals surface area contributed by atoms with E-state index in [0.29, 0.717) is 0 Å². The summed E-state index contributed by atoms with van der Waals surface area (Å²) in [7, 11) is 0. The molecule has 0 spiro atoms. The fourth-order valence-corrected chi connectivity index (χ4v) is 2.03. The lowest BCUT2D eigenvalue weighted by Crippen LogP contribution is -2.69. The SMILES string of the molecule is CCCC(N)(C(=O)ON=O)C(=O)C(N)(CCC)C(=O)ON=O. The normalized spacial score (nSPS) is 15.8. The molecule has 0 rings (SSSR count). The van der Waals surface area contributed by atoms with Crippen molar-refractivity contribution in [1.82, 2.24) is 0 Å². The summed E-state index contributed by atoms with van der Waals surface area (Å²) in [6.45, 7) is 3.19. The van der Waals surface area contributed by atoms with Gasteiger partial charge >= 0.3 is 11.9 Å². The van der Waals surface area contributed by atoms with E-state index in [1.54, 1.807) is 13.8 Å². The first-order valence-electron chi connectivity index (χ1n) is 6.45. The Bertz CT molecular complexity index is 429. The second-order valence-corrected chi connectivity index (χ2v) is 4.68. The molecule has 0 saturated carbocycles. The zero-order valence-electron chi connectivity index (χ0n) is 12.2. The maximum absolute atomic E-state index is 12.6. The number of Topliss-reactive ketones (excluding diaryl/α,β-unsaturated/α-hetero) is 1. The Morgan fingerprint density at radius 2 is 1.18 bits per heavy atom. The van der Waals surface area contributed by atoms with E-state index < -0.39 is 28.8 Å². The molecule has 0 aliphatic heterocycles. The summed E-state index contributed by atoms with van der Waals surface area (Å²) in [5.74, 6) is -4.15. The number of rotatable bonds is 10. The Hall–Kier alpha value is -2.27. The van der Waals surface area contributed by atoms with E-state index >= 15 is 0 Å². The zero-order valence-corrected chi connectivity index (χ0v) is 12.2. The molecule has 0 aromatic heterocycles. The van der Waals surface area contributed by atoms with Crippen LogP contribution < -0.4 is 11.5 Å². The zero-order chi connectivity index (χ0) is 17.4. The summed E-state index contributed by atoms with van der Waals surface area (Å²) >= 11 is 0. The number of hydrogen-bond donors (Lipinski definition) is 2. The molecule has 4 N–H and O–H groups in total. The standard InChI is InChI=1S/C11H18N4O7/c1-3-5-10(12,8(17)21-14-19)7(16)11(13,6-4-2)9(18)22-15-20/h3-6,12-13H2,1-2H3. The number of nitrogens with zero attached hydrogens (tertiary/aromatic N) is 2. The second-order valence-electron chi connectivity index (χ2n) is 4.68. The topological polar surface area (TPSA) is 181 Å². The van der Waals surface area contributed by atoms with Crippen LogP contribution in [0.3, 0.4) is 0 Å². The van der Waals surface area contributed by atoms with Gasteiger partial charge in [0.1, 0.15) is 0 Å². The van der Waals surface area contributed by atoms with Crippen LogP contribution in [0, 0.1) is 9.81 Å². The predicted octanol–water partition coefficient (Wildman–Crippen LogP) is -0.0001000. The highest BCUT2D eigenvalue weighted by atomic mass is 16.8. The fraction of sp³-hybridized carbons (Fsp3) is 0.727. The molecule has 124 valence electrons. The lowest BCUT2D eigenvalue weighted by Gasteiger charge is -2.32. The van der Waals surface area contributed by atoms with Gasteiger partial charge in [-0.15, -0.1) is 9.81 Å². The van der Waals surface area contributed by atoms with Crippen LogP contribution in [-0.2, 0) is 24.1 Å². The minimum absolute atomic E-state index is 0.235. The van der Waals surface area contributed by atoms with Crippen molar-refractivity contribution in [3.63, 3.8) is 0 Å². The molecule has 0 radical (unpaired) electrons. The van der Waals surface area contributed by atoms with Crippen LogP contribution in [0.15, 0.2) is 10.7 Å². The van der Waals surface area contributed by atoms with Crippen molar-refractivity contribution in [2.75, 3.05) is 0 Å². The number of carbonyl (C=O) groups excluding carboxylic acids is 3. The summed E-state index contributed by atoms with van der Waals surface area (Å²) in [5, 5.41) is 3.84. The highest BCUT2D eigenvalue weighted by Crippen LogP contribution is 2.24. The summed E-state index contributed by atoms with van der Waals surface area (Å²) in [6, 6.07) is 0. The molecule has 0 aliphatic rings. The van der Waals surface area contributed by atoms with Crippen LogP contribution in [0.25, 0.3) is 0 Å². The molecule has 0 aromatic rings. The molecule has 11 heteroatoms. The highest BCUT2D eigenvalue weighted by molar-refractivity contribution is 6.20. The Balaban J connectivity index is 5.82. The molecule has 22 heavy (non-hydrogen) atoms. The van der Waals surface area contributed by atoms with Crippen LogP contribution in [-0.4, -0.2) is 28.8 Å². The Kier molecular flexibility index (Phi) is 7.39. The van der Waals surface area contributed by atoms with Crippen LogP contribution in [0.5, 0.6) is 0 Å². The van der Waals surface area contributed by atoms with E-state index in [1.807, 2.05) is 10.7 Å². The minimum atomic E-state index is -2.38. The molecule has 11 nitrogen and oxygen atoms in total. The van der Waals surface area contributed by atoms with Gasteiger partial charge in [0, 0.05) is 0 Å². The van der Waals surface area contributed by atoms with Crippen LogP contribution >= 0.6 is 0 Å². The second kappa shape index (κ2) is 8.24. The van der Waals surface area contributed by atoms with Gasteiger partial charge in [-0.2, -0.15) is 0 Å². The number of ketones is 1. The molecule has 0 saturated heterocycles. The maximum atomic E-state index is 12.6. The molecule has 0 fully saturated rings. The van der Waals surface area contributed by atoms with Crippen LogP contribution in [0.1, 0.15) is 39.5 Å². The quantitative estimate of drug-likeness (QED) is 0.318. The minimum Gasteiger partial charge on any atom is -0.309 e. The Morgan fingerprint density at radius 3 is 1.41 bits per heavy atom. The van der Waals surface area contributed by atoms with Crippen molar-refractivity contribution in [3.8, 4) is 0 Å². The first-order chi connectivity index (χ1) is 10.2. The molecule has 0 amide bonds. The van der Waals surface area contributed by atoms with Crippen LogP contribution in [0.2, 0.25) is 0 Å². The van der Waals surface area contributed by atoms with Crippen molar-refractivity contribution < 1.29 is 24.1 Å². The first kappa shape index (κ1) is 19.7. The number of carbonyl (C=O) groups is 3. The first-order valence-corrected chi connectivity index (χ1v) is 6.45. The third-order valence-electron chi connectivity index (χ3n) is 3.07. The van der Waals surface area contributed by atoms with Gasteiger partial charge in [-0.05, 0) is 12.8 Å². The maximum Gasteiger partial charge on any atom is 0.365 e. The summed E-state index contributed by atoms with van der Waals surface area (Å²) in [4.78, 5) is 64.0. The van der Waals surface area contributed by atoms with E-state index in [1.165, 1.54) is 0 Å². The summed E-state index contributed by atoms with van der Waals surface area (Å²) in [6.07, 6.45) is -0.0476. The monoisotopic (exact) mass is 318 g/mol. The Morgan fingerprint density at radius 1 is 0.864 bits per heavy atom. The van der Waals surface area contributed by atoms with Crippen molar-refractivity contribution >= 4 is 17.7 Å². The van der Waals surface area contributed by atoms with Crippen molar-refractivity contribution in [1.29, 1.82) is 0 Å². The predicted molar refractivity (Wildman–Crippen MR) is 72.4 cm³/mol. The van der Waals surface area contributed by atoms with Crippen LogP contribution in [0.4, 0.5) is 0 Å². The van der Waals surface area contributed by atoms with E-state index in [4.69, 9.17) is 11.5 Å². The van der Waals surface area contributed by atoms with Gasteiger partial charge < -0.3 is 11.5 Å². The van der Waals surface area contributed by atoms with Crippen molar-refractivity contribution in [2.24, 2.45) is 22.1 Å². The lowest BCUT2D eigenvalue weighted by atomic mass is 9.76. The third kappa shape index (κ3) is 3.89. The van der Waals surface area contributed by atoms with Gasteiger partial charge in [-0.1, -0.05) is 26.7 Å². The van der Waals surface area contributed by atoms with E-state index in [2.05, 4.69) is 9.68 Å². The molecule has 0 heterocycles. The van der Waals surface area contributed by atoms with Gasteiger partial charge in [0.25, 0.3) is 0 Å². The molecule has 0 aromatic carbocycles. The van der Waals surface area contributed by atoms with E-state index in [-0.39, 0.29) is 25.7 Å². The lowest BCUT2D eigenvalue weighted by molar-refractivity contribution is -0.161. The Labute approximate surface area is 125 Å². The van der Waals surface area contributed by atoms with Gasteiger partial charge in [0.15, 0.2) is 27.5 Å². The fourth-order valence-electron chi connectivity index (χ4n) is 2.03. The summed E-state index contributed by atoms with van der Waals surface area (Å²) < 4.78 is 0. The number of hydrogen-bond acceptors (Lipinski definition) is 11. The smallest absolute Gasteiger partial charge is 0.309 e. The molecular formula is C11H18N4O7. The highest BCUT2D eigenvalue weighted by Gasteiger charge is 2.56. The van der Waals surface area contributed by atoms with Gasteiger partial charge in [0.05, 0.1) is 0 Å². The average molecular weight is 318 g/mol. The molecule has 2 unspecified atom stereocenters. The molecule has 0 aliphatic carbocycles. The van der Waals surface area contributed by atoms with E-state index in [0.717, 1.165) is 0 Å². The van der Waals surface area contributed by atoms with Gasteiger partial charge in [-0.3, -0.25) is 14.5 Å². The summed E-state index contributed by atoms with van der Waals surface area (Å²) in [5.41, 5.74) is 6.66. The largest absolute Gasteiger partial charge is 0.365 e. The molecule has 0 bridgehead atoms. The van der Waals surface area contributed by atoms with Crippen molar-refractivity contribution in [3.05, 3.63) is 9.81 Å². The van der Waals surface area contributed by atoms with Crippen molar-refractivity contribution in [2.45, 2.75) is 50.6 Å². The molecule has 2 atom stereocenters. The number of nitrogens with two attached hydrogens (primary N) is 2. The van der Waals surface area contributed by atoms with E-state index in [9.17, 15) is 24.2 Å². The third-order valence-corrected chi connectivity index (χ3v) is 3.07. The van der Waals surface area contributed by atoms with Gasteiger partial charge in [0.2, 0.25) is 0 Å². The van der Waals surface area contributed by atoms with Gasteiger partial charge in [-0.25, -0.2) is 9.59 Å².